The number of benzene rings is 2. The van der Waals surface area contributed by atoms with Gasteiger partial charge in [0.2, 0.25) is 11.8 Å². The maximum atomic E-state index is 14.2. The molecule has 0 radical (unpaired) electrons. The Morgan fingerprint density at radius 1 is 1.07 bits per heavy atom. The van der Waals surface area contributed by atoms with Crippen LogP contribution in [-0.4, -0.2) is 34.7 Å². The van der Waals surface area contributed by atoms with Crippen LogP contribution in [0.5, 0.6) is 11.6 Å². The van der Waals surface area contributed by atoms with Crippen LogP contribution >= 0.6 is 11.3 Å². The smallest absolute Gasteiger partial charge is 0.262 e. The molecule has 2 aliphatic carbocycles. The lowest BCUT2D eigenvalue weighted by Crippen LogP contribution is -2.53. The number of thiophene rings is 1. The molecule has 2 heterocycles. The lowest BCUT2D eigenvalue weighted by Gasteiger charge is -2.37. The third kappa shape index (κ3) is 4.75. The Morgan fingerprint density at radius 2 is 1.77 bits per heavy atom. The highest BCUT2D eigenvalue weighted by atomic mass is 32.1. The highest BCUT2D eigenvalue weighted by molar-refractivity contribution is 7.21. The molecule has 0 saturated heterocycles. The molecular weight excluding hydrogens is 564 g/mol. The van der Waals surface area contributed by atoms with Gasteiger partial charge in [-0.1, -0.05) is 30.8 Å². The number of ketones is 1. The van der Waals surface area contributed by atoms with E-state index in [1.165, 1.54) is 17.4 Å². The van der Waals surface area contributed by atoms with E-state index in [2.05, 4.69) is 22.2 Å². The summed E-state index contributed by atoms with van der Waals surface area (Å²) in [6.45, 7) is 5.27. The number of aromatic nitrogens is 1. The fourth-order valence-corrected chi connectivity index (χ4v) is 7.43. The number of pyridine rings is 1. The Labute approximate surface area is 252 Å². The highest BCUT2D eigenvalue weighted by Gasteiger charge is 2.49. The summed E-state index contributed by atoms with van der Waals surface area (Å²) < 4.78 is 6.51. The average Bonchev–Trinajstić information content (AvgIpc) is 3.61. The molecule has 0 bridgehead atoms. The molecule has 4 aromatic rings. The van der Waals surface area contributed by atoms with E-state index in [0.717, 1.165) is 12.8 Å². The van der Waals surface area contributed by atoms with Crippen LogP contribution < -0.4 is 32.6 Å². The van der Waals surface area contributed by atoms with Crippen LogP contribution in [0.1, 0.15) is 57.4 Å². The number of Topliss-reactive ketones (excluding diaryl/α,β-unsaturated/α-hetero) is 1. The third-order valence-electron chi connectivity index (χ3n) is 8.32. The fourth-order valence-electron chi connectivity index (χ4n) is 6.23. The summed E-state index contributed by atoms with van der Waals surface area (Å²) in [6.07, 6.45) is 3.49. The molecule has 2 aliphatic rings. The molecule has 8 N–H and O–H groups in total. The van der Waals surface area contributed by atoms with Gasteiger partial charge in [-0.15, -0.1) is 11.3 Å². The SMILES string of the molecule is C=CC(=O)NC1CCCC1NC(=O)c1sc2c(N)ccc3c2c1C(N)C(=O)C3(N)c1ccc(Oc2ccccc2)nc1C. The first-order valence-electron chi connectivity index (χ1n) is 14.0. The molecule has 1 saturated carbocycles. The maximum absolute atomic E-state index is 14.2. The van der Waals surface area contributed by atoms with Crippen LogP contribution in [0.2, 0.25) is 0 Å². The number of rotatable bonds is 7. The van der Waals surface area contributed by atoms with E-state index in [0.29, 0.717) is 61.1 Å². The number of nitrogen functional groups attached to an aromatic ring is 1. The van der Waals surface area contributed by atoms with Crippen molar-refractivity contribution in [3.05, 3.63) is 94.5 Å². The van der Waals surface area contributed by atoms with E-state index in [4.69, 9.17) is 21.9 Å². The topological polar surface area (TPSA) is 175 Å². The number of aryl methyl sites for hydroxylation is 1. The second-order valence-electron chi connectivity index (χ2n) is 10.9. The Hall–Kier alpha value is -4.58. The lowest BCUT2D eigenvalue weighted by molar-refractivity contribution is -0.124. The third-order valence-corrected chi connectivity index (χ3v) is 9.57. The molecule has 220 valence electrons. The predicted octanol–water partition coefficient (Wildman–Crippen LogP) is 3.72. The van der Waals surface area contributed by atoms with Crippen molar-refractivity contribution in [1.29, 1.82) is 0 Å². The molecule has 2 aromatic carbocycles. The van der Waals surface area contributed by atoms with Crippen LogP contribution in [0.25, 0.3) is 10.1 Å². The van der Waals surface area contributed by atoms with Gasteiger partial charge >= 0.3 is 0 Å². The number of carbonyl (C=O) groups is 3. The van der Waals surface area contributed by atoms with Gasteiger partial charge in [0.1, 0.15) is 11.3 Å². The molecule has 0 spiro atoms. The lowest BCUT2D eigenvalue weighted by atomic mass is 9.70. The van der Waals surface area contributed by atoms with E-state index in [9.17, 15) is 14.4 Å². The summed E-state index contributed by atoms with van der Waals surface area (Å²) in [5, 5.41) is 6.55. The quantitative estimate of drug-likeness (QED) is 0.158. The molecule has 6 rings (SSSR count). The largest absolute Gasteiger partial charge is 0.439 e. The van der Waals surface area contributed by atoms with Crippen LogP contribution in [-0.2, 0) is 15.1 Å². The number of ether oxygens (including phenoxy) is 1. The summed E-state index contributed by atoms with van der Waals surface area (Å²) >= 11 is 1.19. The van der Waals surface area contributed by atoms with Crippen LogP contribution in [0, 0.1) is 6.92 Å². The second-order valence-corrected chi connectivity index (χ2v) is 11.9. The van der Waals surface area contributed by atoms with Gasteiger partial charge in [0.25, 0.3) is 5.91 Å². The molecule has 1 fully saturated rings. The summed E-state index contributed by atoms with van der Waals surface area (Å²) in [7, 11) is 0. The summed E-state index contributed by atoms with van der Waals surface area (Å²) in [5.74, 6) is -0.148. The van der Waals surface area contributed by atoms with Crippen molar-refractivity contribution in [3.8, 4) is 11.6 Å². The number of para-hydroxylation sites is 1. The van der Waals surface area contributed by atoms with Gasteiger partial charge in [-0.25, -0.2) is 4.98 Å². The zero-order chi connectivity index (χ0) is 30.5. The average molecular weight is 597 g/mol. The zero-order valence-corrected chi connectivity index (χ0v) is 24.4. The van der Waals surface area contributed by atoms with Crippen molar-refractivity contribution in [2.45, 2.75) is 49.9 Å². The number of nitrogens with zero attached hydrogens (tertiary/aromatic N) is 1. The molecule has 4 unspecified atom stereocenters. The minimum Gasteiger partial charge on any atom is -0.439 e. The van der Waals surface area contributed by atoms with Gasteiger partial charge in [-0.3, -0.25) is 14.4 Å². The van der Waals surface area contributed by atoms with Gasteiger partial charge in [0.15, 0.2) is 5.78 Å². The van der Waals surface area contributed by atoms with Crippen LogP contribution in [0.15, 0.2) is 67.3 Å². The number of carbonyl (C=O) groups excluding carboxylic acids is 3. The van der Waals surface area contributed by atoms with Gasteiger partial charge < -0.3 is 32.6 Å². The van der Waals surface area contributed by atoms with Gasteiger partial charge in [-0.05, 0) is 62.1 Å². The van der Waals surface area contributed by atoms with Gasteiger partial charge in [0.05, 0.1) is 15.6 Å². The first-order valence-corrected chi connectivity index (χ1v) is 14.8. The van der Waals surface area contributed by atoms with Crippen LogP contribution in [0.3, 0.4) is 0 Å². The number of nitrogens with two attached hydrogens (primary N) is 3. The van der Waals surface area contributed by atoms with E-state index < -0.39 is 17.4 Å². The molecule has 4 atom stereocenters. The summed E-state index contributed by atoms with van der Waals surface area (Å²) in [5.41, 5.74) is 20.8. The highest BCUT2D eigenvalue weighted by Crippen LogP contribution is 2.50. The molecule has 43 heavy (non-hydrogen) atoms. The first-order chi connectivity index (χ1) is 20.6. The molecule has 10 nitrogen and oxygen atoms in total. The van der Waals surface area contributed by atoms with Crippen molar-refractivity contribution in [2.75, 3.05) is 5.73 Å². The summed E-state index contributed by atoms with van der Waals surface area (Å²) in [6, 6.07) is 14.4. The van der Waals surface area contributed by atoms with Crippen molar-refractivity contribution in [2.24, 2.45) is 11.5 Å². The number of hydrogen-bond donors (Lipinski definition) is 5. The standard InChI is InChI=1S/C32H32N6O4S/c1-3-23(39)37-21-10-7-11-22(21)38-31(41)29-26-25-19(12-14-20(33)28(25)43-29)32(35,30(40)27(26)34)18-13-15-24(36-16(18)2)42-17-8-5-4-6-9-17/h3-6,8-9,12-15,21-22,27H,1,7,10-11,33-35H2,2H3,(H,37,39)(H,38,41). The molecule has 2 amide bonds. The Balaban J connectivity index is 1.40. The minimum absolute atomic E-state index is 0.225. The monoisotopic (exact) mass is 596 g/mol. The fraction of sp³-hybridized carbons (Fsp3) is 0.250. The Bertz CT molecular complexity index is 1790. The maximum Gasteiger partial charge on any atom is 0.262 e. The zero-order valence-electron chi connectivity index (χ0n) is 23.6. The van der Waals surface area contributed by atoms with Crippen molar-refractivity contribution >= 4 is 44.7 Å². The molecular formula is C32H32N6O4S. The van der Waals surface area contributed by atoms with E-state index in [-0.39, 0.29) is 23.9 Å². The Kier molecular flexibility index (Phi) is 7.25. The minimum atomic E-state index is -1.64. The normalized spacial score (nSPS) is 22.8. The van der Waals surface area contributed by atoms with Gasteiger partial charge in [0, 0.05) is 46.0 Å². The van der Waals surface area contributed by atoms with Gasteiger partial charge in [-0.2, -0.15) is 0 Å². The second kappa shape index (κ2) is 10.9. The number of amides is 2. The Morgan fingerprint density at radius 3 is 2.47 bits per heavy atom. The summed E-state index contributed by atoms with van der Waals surface area (Å²) in [4.78, 5) is 44.7. The molecule has 2 aromatic heterocycles. The van der Waals surface area contributed by atoms with Crippen molar-refractivity contribution < 1.29 is 19.1 Å². The van der Waals surface area contributed by atoms with Crippen LogP contribution in [0.4, 0.5) is 5.69 Å². The number of nitrogens with one attached hydrogen (secondary N) is 2. The van der Waals surface area contributed by atoms with Crippen molar-refractivity contribution in [1.82, 2.24) is 15.6 Å². The van der Waals surface area contributed by atoms with E-state index in [1.54, 1.807) is 31.2 Å². The predicted molar refractivity (Wildman–Crippen MR) is 166 cm³/mol. The van der Waals surface area contributed by atoms with Crippen molar-refractivity contribution in [3.63, 3.8) is 0 Å². The molecule has 11 heteroatoms. The number of anilines is 1. The molecule has 0 aliphatic heterocycles. The van der Waals surface area contributed by atoms with E-state index >= 15 is 0 Å². The first kappa shape index (κ1) is 28.5. The van der Waals surface area contributed by atoms with E-state index in [1.807, 2.05) is 30.3 Å². The number of hydrogen-bond acceptors (Lipinski definition) is 9.